The monoisotopic (exact) mass is 242 g/mol. The number of halogens is 1. The summed E-state index contributed by atoms with van der Waals surface area (Å²) in [5.41, 5.74) is 5.61. The Morgan fingerprint density at radius 3 is 2.94 bits per heavy atom. The Bertz CT molecular complexity index is 398. The lowest BCUT2D eigenvalue weighted by atomic mass is 10.1. The van der Waals surface area contributed by atoms with Crippen LogP contribution in [-0.2, 0) is 4.74 Å². The van der Waals surface area contributed by atoms with Crippen molar-refractivity contribution < 1.29 is 19.0 Å². The van der Waals surface area contributed by atoms with Crippen LogP contribution in [0.25, 0.3) is 0 Å². The number of anilines is 1. The van der Waals surface area contributed by atoms with Crippen LogP contribution in [0.1, 0.15) is 10.4 Å². The minimum absolute atomic E-state index is 0.145. The van der Waals surface area contributed by atoms with Crippen molar-refractivity contribution in [3.8, 4) is 0 Å². The van der Waals surface area contributed by atoms with Gasteiger partial charge in [-0.2, -0.15) is 0 Å². The number of aliphatic hydroxyl groups is 1. The van der Waals surface area contributed by atoms with E-state index in [1.54, 1.807) is 0 Å². The van der Waals surface area contributed by atoms with Crippen LogP contribution in [0.15, 0.2) is 18.2 Å². The third-order valence-electron chi connectivity index (χ3n) is 2.16. The molecule has 0 radical (unpaired) electrons. The molecule has 0 saturated carbocycles. The molecule has 0 aromatic heterocycles. The molecule has 0 saturated heterocycles. The third-order valence-corrected chi connectivity index (χ3v) is 2.16. The van der Waals surface area contributed by atoms with Crippen LogP contribution in [-0.4, -0.2) is 37.4 Å². The number of amides is 1. The molecule has 17 heavy (non-hydrogen) atoms. The molecule has 5 nitrogen and oxygen atoms in total. The van der Waals surface area contributed by atoms with Gasteiger partial charge >= 0.3 is 0 Å². The Balaban J connectivity index is 2.78. The molecule has 1 atom stereocenters. The molecule has 0 heterocycles. The molecule has 0 aliphatic carbocycles. The van der Waals surface area contributed by atoms with E-state index >= 15 is 0 Å². The van der Waals surface area contributed by atoms with Crippen LogP contribution in [0.4, 0.5) is 10.1 Å². The van der Waals surface area contributed by atoms with E-state index in [0.29, 0.717) is 5.69 Å². The Labute approximate surface area is 98.4 Å². The second kappa shape index (κ2) is 6.17. The standard InChI is InChI=1S/C11H15FN2O3/c1-17-6-8(5-15)14-11(16)9-4-7(13)2-3-10(9)12/h2-4,8,15H,5-6,13H2,1H3,(H,14,16). The Morgan fingerprint density at radius 2 is 2.35 bits per heavy atom. The number of hydrogen-bond donors (Lipinski definition) is 3. The van der Waals surface area contributed by atoms with Crippen LogP contribution in [0, 0.1) is 5.82 Å². The van der Waals surface area contributed by atoms with E-state index in [0.717, 1.165) is 6.07 Å². The van der Waals surface area contributed by atoms with E-state index in [9.17, 15) is 9.18 Å². The van der Waals surface area contributed by atoms with Crippen LogP contribution < -0.4 is 11.1 Å². The fourth-order valence-electron chi connectivity index (χ4n) is 1.32. The average Bonchev–Trinajstić information content (AvgIpc) is 2.31. The van der Waals surface area contributed by atoms with Crippen LogP contribution in [0.5, 0.6) is 0 Å². The number of ether oxygens (including phenoxy) is 1. The van der Waals surface area contributed by atoms with Crippen molar-refractivity contribution in [2.75, 3.05) is 26.1 Å². The Morgan fingerprint density at radius 1 is 1.65 bits per heavy atom. The minimum Gasteiger partial charge on any atom is -0.399 e. The summed E-state index contributed by atoms with van der Waals surface area (Å²) >= 11 is 0. The summed E-state index contributed by atoms with van der Waals surface area (Å²) in [5, 5.41) is 11.4. The van der Waals surface area contributed by atoms with Crippen molar-refractivity contribution >= 4 is 11.6 Å². The minimum atomic E-state index is -0.661. The maximum absolute atomic E-state index is 13.4. The molecule has 1 unspecified atom stereocenters. The molecule has 0 aliphatic heterocycles. The number of methoxy groups -OCH3 is 1. The number of nitrogens with one attached hydrogen (secondary N) is 1. The maximum Gasteiger partial charge on any atom is 0.254 e. The number of nitrogens with two attached hydrogens (primary N) is 1. The van der Waals surface area contributed by atoms with E-state index in [1.807, 2.05) is 0 Å². The van der Waals surface area contributed by atoms with Crippen molar-refractivity contribution in [3.05, 3.63) is 29.6 Å². The highest BCUT2D eigenvalue weighted by Gasteiger charge is 2.16. The molecule has 4 N–H and O–H groups in total. The second-order valence-electron chi connectivity index (χ2n) is 3.55. The molecule has 0 spiro atoms. The molecule has 1 aromatic rings. The molecule has 94 valence electrons. The van der Waals surface area contributed by atoms with Gasteiger partial charge in [0, 0.05) is 12.8 Å². The Hall–Kier alpha value is -1.66. The summed E-state index contributed by atoms with van der Waals surface area (Å²) in [5.74, 6) is -1.29. The zero-order valence-corrected chi connectivity index (χ0v) is 9.44. The molecule has 1 aromatic carbocycles. The van der Waals surface area contributed by atoms with E-state index in [1.165, 1.54) is 19.2 Å². The van der Waals surface area contributed by atoms with Gasteiger partial charge < -0.3 is 20.9 Å². The number of nitrogen functional groups attached to an aromatic ring is 1. The molecular formula is C11H15FN2O3. The number of rotatable bonds is 5. The fraction of sp³-hybridized carbons (Fsp3) is 0.364. The lowest BCUT2D eigenvalue weighted by Crippen LogP contribution is -2.40. The van der Waals surface area contributed by atoms with Gasteiger partial charge in [0.2, 0.25) is 0 Å². The van der Waals surface area contributed by atoms with Gasteiger partial charge in [0.15, 0.2) is 0 Å². The average molecular weight is 242 g/mol. The Kier molecular flexibility index (Phi) is 4.86. The topological polar surface area (TPSA) is 84.6 Å². The van der Waals surface area contributed by atoms with Crippen molar-refractivity contribution in [2.24, 2.45) is 0 Å². The first kappa shape index (κ1) is 13.4. The van der Waals surface area contributed by atoms with Crippen LogP contribution >= 0.6 is 0 Å². The van der Waals surface area contributed by atoms with Gasteiger partial charge in [-0.1, -0.05) is 0 Å². The summed E-state index contributed by atoms with van der Waals surface area (Å²) in [6, 6.07) is 3.15. The van der Waals surface area contributed by atoms with Gasteiger partial charge in [0.1, 0.15) is 5.82 Å². The summed E-state index contributed by atoms with van der Waals surface area (Å²) in [7, 11) is 1.44. The van der Waals surface area contributed by atoms with Gasteiger partial charge in [-0.15, -0.1) is 0 Å². The predicted molar refractivity (Wildman–Crippen MR) is 61.0 cm³/mol. The van der Waals surface area contributed by atoms with Crippen molar-refractivity contribution in [1.29, 1.82) is 0 Å². The molecule has 1 amide bonds. The highest BCUT2D eigenvalue weighted by molar-refractivity contribution is 5.95. The number of aliphatic hydroxyl groups excluding tert-OH is 1. The first-order valence-corrected chi connectivity index (χ1v) is 5.04. The lowest BCUT2D eigenvalue weighted by Gasteiger charge is -2.15. The van der Waals surface area contributed by atoms with E-state index < -0.39 is 17.8 Å². The van der Waals surface area contributed by atoms with Crippen molar-refractivity contribution in [3.63, 3.8) is 0 Å². The summed E-state index contributed by atoms with van der Waals surface area (Å²) in [6.07, 6.45) is 0. The smallest absolute Gasteiger partial charge is 0.254 e. The van der Waals surface area contributed by atoms with Gasteiger partial charge in [-0.3, -0.25) is 4.79 Å². The number of hydrogen-bond acceptors (Lipinski definition) is 4. The highest BCUT2D eigenvalue weighted by Crippen LogP contribution is 2.12. The fourth-order valence-corrected chi connectivity index (χ4v) is 1.32. The predicted octanol–water partition coefficient (Wildman–Crippen LogP) is 0.145. The van der Waals surface area contributed by atoms with Crippen LogP contribution in [0.2, 0.25) is 0 Å². The normalized spacial score (nSPS) is 12.2. The third kappa shape index (κ3) is 3.69. The van der Waals surface area contributed by atoms with E-state index in [2.05, 4.69) is 5.32 Å². The second-order valence-corrected chi connectivity index (χ2v) is 3.55. The van der Waals surface area contributed by atoms with Crippen molar-refractivity contribution in [2.45, 2.75) is 6.04 Å². The molecule has 0 fully saturated rings. The SMILES string of the molecule is COCC(CO)NC(=O)c1cc(N)ccc1F. The van der Waals surface area contributed by atoms with Gasteiger partial charge in [0.05, 0.1) is 24.8 Å². The quantitative estimate of drug-likeness (QED) is 0.641. The van der Waals surface area contributed by atoms with E-state index in [4.69, 9.17) is 15.6 Å². The largest absolute Gasteiger partial charge is 0.399 e. The van der Waals surface area contributed by atoms with E-state index in [-0.39, 0.29) is 18.8 Å². The molecule has 1 rings (SSSR count). The zero-order chi connectivity index (χ0) is 12.8. The van der Waals surface area contributed by atoms with Crippen molar-refractivity contribution in [1.82, 2.24) is 5.32 Å². The maximum atomic E-state index is 13.4. The van der Waals surface area contributed by atoms with Gasteiger partial charge in [-0.05, 0) is 18.2 Å². The van der Waals surface area contributed by atoms with Crippen LogP contribution in [0.3, 0.4) is 0 Å². The summed E-state index contributed by atoms with van der Waals surface area (Å²) < 4.78 is 18.1. The number of carbonyl (C=O) groups is 1. The van der Waals surface area contributed by atoms with Gasteiger partial charge in [-0.25, -0.2) is 4.39 Å². The number of carbonyl (C=O) groups excluding carboxylic acids is 1. The van der Waals surface area contributed by atoms with Gasteiger partial charge in [0.25, 0.3) is 5.91 Å². The first-order chi connectivity index (χ1) is 8.08. The molecule has 6 heteroatoms. The molecular weight excluding hydrogens is 227 g/mol. The summed E-state index contributed by atoms with van der Waals surface area (Å²) in [6.45, 7) is -0.143. The molecule has 0 bridgehead atoms. The first-order valence-electron chi connectivity index (χ1n) is 5.04. The number of benzene rings is 1. The summed E-state index contributed by atoms with van der Waals surface area (Å²) in [4.78, 5) is 11.7. The molecule has 0 aliphatic rings. The highest BCUT2D eigenvalue weighted by atomic mass is 19.1. The zero-order valence-electron chi connectivity index (χ0n) is 9.44. The lowest BCUT2D eigenvalue weighted by molar-refractivity contribution is 0.0836.